The van der Waals surface area contributed by atoms with E-state index in [1.165, 1.54) is 0 Å². The number of hydrogen-bond acceptors (Lipinski definition) is 6. The first kappa shape index (κ1) is 17.5. The van der Waals surface area contributed by atoms with Gasteiger partial charge < -0.3 is 9.11 Å². The van der Waals surface area contributed by atoms with E-state index < -0.39 is 16.3 Å². The molecule has 2 N–H and O–H groups in total. The summed E-state index contributed by atoms with van der Waals surface area (Å²) < 4.78 is 34.1. The van der Waals surface area contributed by atoms with Gasteiger partial charge in [0, 0.05) is 16.0 Å². The molecule has 0 atom stereocenters. The average Bonchev–Trinajstić information content (AvgIpc) is 2.15. The molecule has 1 radical (unpaired) electrons. The molecule has 1 aromatic carbocycles. The van der Waals surface area contributed by atoms with Crippen LogP contribution in [0.25, 0.3) is 0 Å². The van der Waals surface area contributed by atoms with E-state index in [0.717, 1.165) is 0 Å². The SMILES string of the molecule is O=C(NO)c1ccccc1.O=S(=O)([O-])[O-].[V+2]. The van der Waals surface area contributed by atoms with Gasteiger partial charge in [-0.25, -0.2) is 5.48 Å². The zero-order valence-electron chi connectivity index (χ0n) is 7.73. The van der Waals surface area contributed by atoms with Crippen LogP contribution in [0, 0.1) is 0 Å². The molecule has 9 heteroatoms. The fourth-order valence-corrected chi connectivity index (χ4v) is 0.654. The van der Waals surface area contributed by atoms with E-state index in [2.05, 4.69) is 0 Å². The topological polar surface area (TPSA) is 130 Å². The van der Waals surface area contributed by atoms with Crippen LogP contribution in [0.2, 0.25) is 0 Å². The van der Waals surface area contributed by atoms with Crippen molar-refractivity contribution in [1.29, 1.82) is 0 Å². The average molecular weight is 284 g/mol. The Kier molecular flexibility index (Phi) is 9.05. The van der Waals surface area contributed by atoms with Crippen LogP contribution in [-0.4, -0.2) is 28.6 Å². The number of hydroxylamine groups is 1. The van der Waals surface area contributed by atoms with Gasteiger partial charge in [0.15, 0.2) is 0 Å². The molecule has 7 nitrogen and oxygen atoms in total. The molecule has 0 heterocycles. The molecule has 1 amide bonds. The van der Waals surface area contributed by atoms with Gasteiger partial charge in [-0.3, -0.25) is 18.4 Å². The van der Waals surface area contributed by atoms with Crippen LogP contribution < -0.4 is 5.48 Å². The minimum absolute atomic E-state index is 0. The Morgan fingerprint density at radius 3 is 1.88 bits per heavy atom. The van der Waals surface area contributed by atoms with Crippen LogP contribution >= 0.6 is 0 Å². The monoisotopic (exact) mass is 284 g/mol. The Bertz CT molecular complexity index is 398. The van der Waals surface area contributed by atoms with E-state index in [1.54, 1.807) is 35.8 Å². The molecule has 0 aliphatic carbocycles. The summed E-state index contributed by atoms with van der Waals surface area (Å²) in [6.45, 7) is 0. The van der Waals surface area contributed by atoms with E-state index >= 15 is 0 Å². The molecule has 0 aromatic heterocycles. The van der Waals surface area contributed by atoms with Gasteiger partial charge in [0.05, 0.1) is 0 Å². The summed E-state index contributed by atoms with van der Waals surface area (Å²) >= 11 is 0. The largest absolute Gasteiger partial charge is 2.00 e. The third-order valence-corrected chi connectivity index (χ3v) is 1.14. The molecule has 0 aliphatic heterocycles. The van der Waals surface area contributed by atoms with Crippen molar-refractivity contribution in [3.05, 3.63) is 35.9 Å². The van der Waals surface area contributed by atoms with Crippen molar-refractivity contribution in [2.75, 3.05) is 0 Å². The second kappa shape index (κ2) is 8.28. The Hall–Kier alpha value is -0.896. The van der Waals surface area contributed by atoms with Crippen molar-refractivity contribution in [2.45, 2.75) is 0 Å². The van der Waals surface area contributed by atoms with Gasteiger partial charge in [-0.05, 0) is 12.1 Å². The maximum Gasteiger partial charge on any atom is 2.00 e. The van der Waals surface area contributed by atoms with Crippen molar-refractivity contribution in [2.24, 2.45) is 0 Å². The first-order valence-electron chi connectivity index (χ1n) is 3.51. The van der Waals surface area contributed by atoms with Crippen molar-refractivity contribution >= 4 is 16.3 Å². The molecular formula is C7H7NO6SV. The number of benzene rings is 1. The summed E-state index contributed by atoms with van der Waals surface area (Å²) in [4.78, 5) is 10.7. The normalized spacial score (nSPS) is 9.19. The molecule has 16 heavy (non-hydrogen) atoms. The minimum atomic E-state index is -5.17. The van der Waals surface area contributed by atoms with Gasteiger partial charge in [0.1, 0.15) is 0 Å². The van der Waals surface area contributed by atoms with Gasteiger partial charge in [0.2, 0.25) is 0 Å². The summed E-state index contributed by atoms with van der Waals surface area (Å²) in [7, 11) is -5.17. The van der Waals surface area contributed by atoms with Crippen molar-refractivity contribution in [3.63, 3.8) is 0 Å². The molecule has 0 aliphatic rings. The van der Waals surface area contributed by atoms with Crippen molar-refractivity contribution in [1.82, 2.24) is 5.48 Å². The minimum Gasteiger partial charge on any atom is -0.759 e. The Morgan fingerprint density at radius 1 is 1.19 bits per heavy atom. The standard InChI is InChI=1S/C7H7NO2.H2O4S.V/c9-7(8-10)6-4-2-1-3-5-6;1-5(2,3)4;/h1-5,10H,(H,8,9);(H2,1,2,3,4);/q;;+2/p-2. The third-order valence-electron chi connectivity index (χ3n) is 1.14. The van der Waals surface area contributed by atoms with Crippen molar-refractivity contribution < 1.29 is 46.1 Å². The predicted molar refractivity (Wildman–Crippen MR) is 46.2 cm³/mol. The van der Waals surface area contributed by atoms with Crippen LogP contribution in [0.1, 0.15) is 10.4 Å². The fraction of sp³-hybridized carbons (Fsp3) is 0. The first-order chi connectivity index (χ1) is 6.84. The number of rotatable bonds is 1. The van der Waals surface area contributed by atoms with E-state index in [0.29, 0.717) is 5.56 Å². The maximum atomic E-state index is 10.7. The summed E-state index contributed by atoms with van der Waals surface area (Å²) in [5.41, 5.74) is 1.99. The van der Waals surface area contributed by atoms with Crippen LogP contribution in [0.4, 0.5) is 0 Å². The van der Waals surface area contributed by atoms with Gasteiger partial charge in [-0.15, -0.1) is 0 Å². The Balaban J connectivity index is 0. The summed E-state index contributed by atoms with van der Waals surface area (Å²) in [6, 6.07) is 8.49. The molecule has 1 rings (SSSR count). The first-order valence-corrected chi connectivity index (χ1v) is 4.84. The van der Waals surface area contributed by atoms with Crippen LogP contribution in [-0.2, 0) is 29.0 Å². The smallest absolute Gasteiger partial charge is 0.759 e. The molecule has 0 fully saturated rings. The Morgan fingerprint density at radius 2 is 1.56 bits per heavy atom. The fourth-order valence-electron chi connectivity index (χ4n) is 0.654. The Labute approximate surface area is 104 Å². The second-order valence-electron chi connectivity index (χ2n) is 2.22. The number of carbonyl (C=O) groups excluding carboxylic acids is 1. The van der Waals surface area contributed by atoms with E-state index in [-0.39, 0.29) is 18.6 Å². The molecule has 0 unspecified atom stereocenters. The molecule has 0 spiro atoms. The predicted octanol–water partition coefficient (Wildman–Crippen LogP) is -0.535. The van der Waals surface area contributed by atoms with Crippen LogP contribution in [0.15, 0.2) is 30.3 Å². The number of nitrogens with one attached hydrogen (secondary N) is 1. The van der Waals surface area contributed by atoms with Gasteiger partial charge in [-0.2, -0.15) is 0 Å². The van der Waals surface area contributed by atoms with E-state index in [9.17, 15) is 4.79 Å². The quantitative estimate of drug-likeness (QED) is 0.308. The molecule has 0 saturated carbocycles. The molecule has 1 aromatic rings. The zero-order valence-corrected chi connectivity index (χ0v) is 9.94. The van der Waals surface area contributed by atoms with Crippen molar-refractivity contribution in [3.8, 4) is 0 Å². The summed E-state index contributed by atoms with van der Waals surface area (Å²) in [5, 5.41) is 8.19. The van der Waals surface area contributed by atoms with Gasteiger partial charge in [0.25, 0.3) is 5.91 Å². The summed E-state index contributed by atoms with van der Waals surface area (Å²) in [6.07, 6.45) is 0. The molecular weight excluding hydrogens is 277 g/mol. The summed E-state index contributed by atoms with van der Waals surface area (Å²) in [5.74, 6) is -0.486. The van der Waals surface area contributed by atoms with Crippen LogP contribution in [0.5, 0.6) is 0 Å². The van der Waals surface area contributed by atoms with Gasteiger partial charge >= 0.3 is 18.6 Å². The van der Waals surface area contributed by atoms with Crippen LogP contribution in [0.3, 0.4) is 0 Å². The van der Waals surface area contributed by atoms with E-state index in [4.69, 9.17) is 22.7 Å². The molecule has 0 saturated heterocycles. The maximum absolute atomic E-state index is 10.7. The number of hydrogen-bond donors (Lipinski definition) is 2. The second-order valence-corrected chi connectivity index (χ2v) is 3.03. The number of amides is 1. The third kappa shape index (κ3) is 11.2. The van der Waals surface area contributed by atoms with E-state index in [1.807, 2.05) is 0 Å². The molecule has 0 bridgehead atoms. The zero-order chi connectivity index (χ0) is 11.9. The molecule has 87 valence electrons. The van der Waals surface area contributed by atoms with Gasteiger partial charge in [-0.1, -0.05) is 18.2 Å². The number of carbonyl (C=O) groups is 1.